The molecule has 0 aromatic heterocycles. The zero-order valence-corrected chi connectivity index (χ0v) is 13.5. The summed E-state index contributed by atoms with van der Waals surface area (Å²) in [6.45, 7) is 5.89. The Bertz CT molecular complexity index is 493. The molecule has 1 atom stereocenters. The predicted octanol–water partition coefficient (Wildman–Crippen LogP) is 2.55. The van der Waals surface area contributed by atoms with Crippen molar-refractivity contribution in [1.29, 1.82) is 0 Å². The summed E-state index contributed by atoms with van der Waals surface area (Å²) in [4.78, 5) is 25.3. The summed E-state index contributed by atoms with van der Waals surface area (Å²) in [7, 11) is 0. The number of carbonyl (C=O) groups is 2. The van der Waals surface area contributed by atoms with Gasteiger partial charge < -0.3 is 10.2 Å². The predicted molar refractivity (Wildman–Crippen MR) is 87.5 cm³/mol. The lowest BCUT2D eigenvalue weighted by molar-refractivity contribution is -0.133. The van der Waals surface area contributed by atoms with E-state index in [1.165, 1.54) is 5.56 Å². The Kier molecular flexibility index (Phi) is 5.99. The van der Waals surface area contributed by atoms with E-state index in [-0.39, 0.29) is 17.7 Å². The lowest BCUT2D eigenvalue weighted by Crippen LogP contribution is -2.42. The number of rotatable bonds is 5. The van der Waals surface area contributed by atoms with Crippen LogP contribution >= 0.6 is 0 Å². The van der Waals surface area contributed by atoms with Crippen LogP contribution in [0.3, 0.4) is 0 Å². The van der Waals surface area contributed by atoms with E-state index in [0.29, 0.717) is 25.6 Å². The molecule has 22 heavy (non-hydrogen) atoms. The van der Waals surface area contributed by atoms with E-state index in [1.54, 1.807) is 6.92 Å². The minimum absolute atomic E-state index is 0.0580. The molecule has 4 nitrogen and oxygen atoms in total. The van der Waals surface area contributed by atoms with Gasteiger partial charge in [-0.25, -0.2) is 0 Å². The van der Waals surface area contributed by atoms with E-state index < -0.39 is 0 Å². The molecule has 1 heterocycles. The third-order valence-electron chi connectivity index (χ3n) is 4.56. The van der Waals surface area contributed by atoms with Gasteiger partial charge in [0.1, 0.15) is 0 Å². The largest absolute Gasteiger partial charge is 0.356 e. The molecule has 1 aromatic rings. The highest BCUT2D eigenvalue weighted by Crippen LogP contribution is 2.19. The lowest BCUT2D eigenvalue weighted by atomic mass is 9.95. The van der Waals surface area contributed by atoms with Crippen molar-refractivity contribution in [3.63, 3.8) is 0 Å². The summed E-state index contributed by atoms with van der Waals surface area (Å²) in [5.74, 6) is 0.752. The Morgan fingerprint density at radius 2 is 1.86 bits per heavy atom. The smallest absolute Gasteiger partial charge is 0.223 e. The van der Waals surface area contributed by atoms with E-state index in [9.17, 15) is 9.59 Å². The summed E-state index contributed by atoms with van der Waals surface area (Å²) >= 11 is 0. The fraction of sp³-hybridized carbons (Fsp3) is 0.556. The van der Waals surface area contributed by atoms with Crippen molar-refractivity contribution in [2.45, 2.75) is 39.0 Å². The average molecular weight is 302 g/mol. The van der Waals surface area contributed by atoms with Gasteiger partial charge in [0.25, 0.3) is 0 Å². The van der Waals surface area contributed by atoms with Crippen molar-refractivity contribution < 1.29 is 9.59 Å². The van der Waals surface area contributed by atoms with Gasteiger partial charge in [-0.1, -0.05) is 37.3 Å². The minimum atomic E-state index is 0.0580. The van der Waals surface area contributed by atoms with Gasteiger partial charge in [0.15, 0.2) is 0 Å². The molecule has 1 N–H and O–H groups in total. The van der Waals surface area contributed by atoms with E-state index in [2.05, 4.69) is 24.4 Å². The number of amides is 2. The van der Waals surface area contributed by atoms with Gasteiger partial charge >= 0.3 is 0 Å². The number of nitrogens with zero attached hydrogens (tertiary/aromatic N) is 1. The summed E-state index contributed by atoms with van der Waals surface area (Å²) in [6.07, 6.45) is 2.50. The molecule has 0 aliphatic carbocycles. The van der Waals surface area contributed by atoms with Gasteiger partial charge in [-0.15, -0.1) is 0 Å². The van der Waals surface area contributed by atoms with Crippen LogP contribution in [-0.2, 0) is 9.59 Å². The molecule has 2 rings (SSSR count). The molecule has 1 aromatic carbocycles. The zero-order chi connectivity index (χ0) is 15.9. The molecule has 120 valence electrons. The average Bonchev–Trinajstić information content (AvgIpc) is 2.55. The number of likely N-dealkylation sites (tertiary alicyclic amines) is 1. The first-order valence-electron chi connectivity index (χ1n) is 8.16. The summed E-state index contributed by atoms with van der Waals surface area (Å²) in [6, 6.07) is 10.4. The van der Waals surface area contributed by atoms with Crippen LogP contribution in [0.4, 0.5) is 0 Å². The second kappa shape index (κ2) is 7.97. The first-order chi connectivity index (χ1) is 10.6. The van der Waals surface area contributed by atoms with Crippen LogP contribution < -0.4 is 5.32 Å². The van der Waals surface area contributed by atoms with Crippen LogP contribution in [0.5, 0.6) is 0 Å². The van der Waals surface area contributed by atoms with Crippen LogP contribution in [0.1, 0.15) is 44.6 Å². The second-order valence-electron chi connectivity index (χ2n) is 6.17. The summed E-state index contributed by atoms with van der Waals surface area (Å²) < 4.78 is 0. The first-order valence-corrected chi connectivity index (χ1v) is 8.16. The standard InChI is InChI=1S/C18H26N2O2/c1-14(16-6-4-3-5-7-16)8-11-19-18(22)17-9-12-20(13-10-17)15(2)21/h3-7,14,17H,8-13H2,1-2H3,(H,19,22)/t14-/m0/s1. The van der Waals surface area contributed by atoms with Crippen LogP contribution in [0.15, 0.2) is 30.3 Å². The Balaban J connectivity index is 1.69. The van der Waals surface area contributed by atoms with E-state index in [1.807, 2.05) is 23.1 Å². The van der Waals surface area contributed by atoms with Gasteiger partial charge in [-0.2, -0.15) is 0 Å². The molecule has 0 radical (unpaired) electrons. The van der Waals surface area contributed by atoms with Gasteiger partial charge in [0.05, 0.1) is 0 Å². The monoisotopic (exact) mass is 302 g/mol. The molecule has 0 spiro atoms. The quantitative estimate of drug-likeness (QED) is 0.909. The van der Waals surface area contributed by atoms with Crippen LogP contribution in [-0.4, -0.2) is 36.3 Å². The molecular formula is C18H26N2O2. The number of nitrogens with one attached hydrogen (secondary N) is 1. The fourth-order valence-corrected chi connectivity index (χ4v) is 2.96. The summed E-state index contributed by atoms with van der Waals surface area (Å²) in [5, 5.41) is 3.05. The van der Waals surface area contributed by atoms with Gasteiger partial charge in [0.2, 0.25) is 11.8 Å². The Morgan fingerprint density at radius 1 is 1.23 bits per heavy atom. The first kappa shape index (κ1) is 16.5. The molecule has 0 unspecified atom stereocenters. The van der Waals surface area contributed by atoms with E-state index >= 15 is 0 Å². The molecule has 1 aliphatic rings. The van der Waals surface area contributed by atoms with E-state index in [0.717, 1.165) is 19.3 Å². The molecule has 2 amide bonds. The zero-order valence-electron chi connectivity index (χ0n) is 13.5. The van der Waals surface area contributed by atoms with Crippen molar-refractivity contribution in [3.05, 3.63) is 35.9 Å². The normalized spacial score (nSPS) is 17.1. The third-order valence-corrected chi connectivity index (χ3v) is 4.56. The third kappa shape index (κ3) is 4.58. The van der Waals surface area contributed by atoms with Crippen molar-refractivity contribution in [2.24, 2.45) is 5.92 Å². The van der Waals surface area contributed by atoms with E-state index in [4.69, 9.17) is 0 Å². The maximum absolute atomic E-state index is 12.2. The summed E-state index contributed by atoms with van der Waals surface area (Å²) in [5.41, 5.74) is 1.31. The lowest BCUT2D eigenvalue weighted by Gasteiger charge is -2.30. The number of benzene rings is 1. The fourth-order valence-electron chi connectivity index (χ4n) is 2.96. The molecule has 1 aliphatic heterocycles. The highest BCUT2D eigenvalue weighted by Gasteiger charge is 2.25. The highest BCUT2D eigenvalue weighted by atomic mass is 16.2. The van der Waals surface area contributed by atoms with Gasteiger partial charge in [-0.3, -0.25) is 9.59 Å². The van der Waals surface area contributed by atoms with Crippen molar-refractivity contribution in [2.75, 3.05) is 19.6 Å². The van der Waals surface area contributed by atoms with Crippen LogP contribution in [0, 0.1) is 5.92 Å². The van der Waals surface area contributed by atoms with Gasteiger partial charge in [0, 0.05) is 32.5 Å². The minimum Gasteiger partial charge on any atom is -0.356 e. The highest BCUT2D eigenvalue weighted by molar-refractivity contribution is 5.79. The van der Waals surface area contributed by atoms with Gasteiger partial charge in [-0.05, 0) is 30.7 Å². The molecule has 0 saturated carbocycles. The molecular weight excluding hydrogens is 276 g/mol. The van der Waals surface area contributed by atoms with Crippen molar-refractivity contribution in [1.82, 2.24) is 10.2 Å². The number of hydrogen-bond donors (Lipinski definition) is 1. The maximum Gasteiger partial charge on any atom is 0.223 e. The number of carbonyl (C=O) groups excluding carboxylic acids is 2. The second-order valence-corrected chi connectivity index (χ2v) is 6.17. The Labute approximate surface area is 132 Å². The van der Waals surface area contributed by atoms with Crippen molar-refractivity contribution in [3.8, 4) is 0 Å². The molecule has 0 bridgehead atoms. The maximum atomic E-state index is 12.2. The molecule has 1 saturated heterocycles. The van der Waals surface area contributed by atoms with Crippen LogP contribution in [0.2, 0.25) is 0 Å². The SMILES string of the molecule is CC(=O)N1CCC(C(=O)NCC[C@H](C)c2ccccc2)CC1. The van der Waals surface area contributed by atoms with Crippen molar-refractivity contribution >= 4 is 11.8 Å². The molecule has 1 fully saturated rings. The number of piperidine rings is 1. The topological polar surface area (TPSA) is 49.4 Å². The Hall–Kier alpha value is -1.84. The Morgan fingerprint density at radius 3 is 2.45 bits per heavy atom. The number of hydrogen-bond acceptors (Lipinski definition) is 2. The molecule has 4 heteroatoms. The van der Waals surface area contributed by atoms with Crippen LogP contribution in [0.25, 0.3) is 0 Å².